The number of hydrogen-bond acceptors (Lipinski definition) is 3. The van der Waals surface area contributed by atoms with Crippen LogP contribution in [-0.4, -0.2) is 54.5 Å². The molecular weight excluding hydrogens is 346 g/mol. The van der Waals surface area contributed by atoms with E-state index in [-0.39, 0.29) is 5.92 Å². The van der Waals surface area contributed by atoms with Crippen molar-refractivity contribution in [3.63, 3.8) is 0 Å². The van der Waals surface area contributed by atoms with Gasteiger partial charge in [0.25, 0.3) is 0 Å². The molecule has 1 N–H and O–H groups in total. The molecule has 1 aromatic rings. The number of anilines is 1. The zero-order valence-corrected chi connectivity index (χ0v) is 16.3. The summed E-state index contributed by atoms with van der Waals surface area (Å²) in [6.45, 7) is 5.23. The van der Waals surface area contributed by atoms with Crippen LogP contribution in [0.25, 0.3) is 0 Å². The maximum Gasteiger partial charge on any atom is 0.225 e. The number of carbonyl (C=O) groups is 1. The molecule has 0 radical (unpaired) electrons. The van der Waals surface area contributed by atoms with E-state index in [1.54, 1.807) is 0 Å². The first-order valence-electron chi connectivity index (χ1n) is 10.2. The van der Waals surface area contributed by atoms with Gasteiger partial charge in [0.2, 0.25) is 5.91 Å². The van der Waals surface area contributed by atoms with Crippen LogP contribution < -0.4 is 5.32 Å². The van der Waals surface area contributed by atoms with E-state index in [0.29, 0.717) is 11.9 Å². The molecule has 1 amide bonds. The molecule has 1 heterocycles. The minimum Gasteiger partial charge on any atom is -0.382 e. The molecule has 142 valence electrons. The van der Waals surface area contributed by atoms with Crippen molar-refractivity contribution < 1.29 is 4.79 Å². The minimum atomic E-state index is 0.230. The molecule has 3 fully saturated rings. The topological polar surface area (TPSA) is 35.6 Å². The third kappa shape index (κ3) is 4.72. The standard InChI is InChI=1S/C21H30ClN3O/c22-18-5-9-20(10-6-18)23-19-7-3-17(4-8-19)21(26)25-13-11-24(12-14-25)15-16-1-2-16/h5-6,9-10,16-17,19,23H,1-4,7-8,11-15H2/t17-,19+. The molecule has 1 saturated heterocycles. The maximum atomic E-state index is 12.9. The Kier molecular flexibility index (Phi) is 5.70. The molecule has 0 atom stereocenters. The lowest BCUT2D eigenvalue weighted by molar-refractivity contribution is -0.138. The normalized spacial score (nSPS) is 27.3. The van der Waals surface area contributed by atoms with Crippen molar-refractivity contribution in [2.45, 2.75) is 44.6 Å². The Morgan fingerprint density at radius 1 is 0.962 bits per heavy atom. The van der Waals surface area contributed by atoms with Crippen LogP contribution in [0.3, 0.4) is 0 Å². The number of hydrogen-bond donors (Lipinski definition) is 1. The number of benzene rings is 1. The molecule has 2 saturated carbocycles. The van der Waals surface area contributed by atoms with E-state index < -0.39 is 0 Å². The molecule has 3 aliphatic rings. The van der Waals surface area contributed by atoms with Crippen molar-refractivity contribution in [2.75, 3.05) is 38.0 Å². The summed E-state index contributed by atoms with van der Waals surface area (Å²) in [5.41, 5.74) is 1.12. The lowest BCUT2D eigenvalue weighted by atomic mass is 9.85. The van der Waals surface area contributed by atoms with Crippen LogP contribution in [0.4, 0.5) is 5.69 Å². The third-order valence-corrected chi connectivity index (χ3v) is 6.44. The summed E-state index contributed by atoms with van der Waals surface area (Å²) in [5.74, 6) is 1.58. The van der Waals surface area contributed by atoms with Crippen molar-refractivity contribution in [1.29, 1.82) is 0 Å². The van der Waals surface area contributed by atoms with Gasteiger partial charge in [-0.2, -0.15) is 0 Å². The van der Waals surface area contributed by atoms with Gasteiger partial charge >= 0.3 is 0 Å². The molecule has 1 aliphatic heterocycles. The van der Waals surface area contributed by atoms with Crippen LogP contribution in [0, 0.1) is 11.8 Å². The Hall–Kier alpha value is -1.26. The second-order valence-corrected chi connectivity index (χ2v) is 8.71. The molecule has 5 heteroatoms. The van der Waals surface area contributed by atoms with Crippen molar-refractivity contribution in [3.8, 4) is 0 Å². The highest BCUT2D eigenvalue weighted by atomic mass is 35.5. The SMILES string of the molecule is O=C([C@H]1CC[C@@H](Nc2ccc(Cl)cc2)CC1)N1CCN(CC2CC2)CC1. The number of halogens is 1. The molecule has 0 aromatic heterocycles. The molecule has 0 unspecified atom stereocenters. The van der Waals surface area contributed by atoms with Gasteiger partial charge in [-0.05, 0) is 68.7 Å². The predicted octanol–water partition coefficient (Wildman–Crippen LogP) is 3.86. The van der Waals surface area contributed by atoms with E-state index in [1.165, 1.54) is 19.4 Å². The Morgan fingerprint density at radius 2 is 1.62 bits per heavy atom. The number of carbonyl (C=O) groups excluding carboxylic acids is 1. The van der Waals surface area contributed by atoms with Crippen molar-refractivity contribution in [2.24, 2.45) is 11.8 Å². The van der Waals surface area contributed by atoms with E-state index in [2.05, 4.69) is 15.1 Å². The molecular formula is C21H30ClN3O. The van der Waals surface area contributed by atoms with E-state index in [1.807, 2.05) is 24.3 Å². The van der Waals surface area contributed by atoms with Gasteiger partial charge in [-0.1, -0.05) is 11.6 Å². The maximum absolute atomic E-state index is 12.9. The van der Waals surface area contributed by atoms with Crippen molar-refractivity contribution in [1.82, 2.24) is 9.80 Å². The minimum absolute atomic E-state index is 0.230. The van der Waals surface area contributed by atoms with Crippen LogP contribution >= 0.6 is 11.6 Å². The number of amides is 1. The second-order valence-electron chi connectivity index (χ2n) is 8.27. The Bertz CT molecular complexity index is 600. The van der Waals surface area contributed by atoms with Crippen LogP contribution in [0.15, 0.2) is 24.3 Å². The molecule has 4 nitrogen and oxygen atoms in total. The van der Waals surface area contributed by atoms with Crippen LogP contribution in [0.5, 0.6) is 0 Å². The zero-order valence-electron chi connectivity index (χ0n) is 15.5. The summed E-state index contributed by atoms with van der Waals surface area (Å²) >= 11 is 5.95. The smallest absolute Gasteiger partial charge is 0.225 e. The largest absolute Gasteiger partial charge is 0.382 e. The summed E-state index contributed by atoms with van der Waals surface area (Å²) in [6, 6.07) is 8.36. The molecule has 2 aliphatic carbocycles. The Morgan fingerprint density at radius 3 is 2.23 bits per heavy atom. The fraction of sp³-hybridized carbons (Fsp3) is 0.667. The first-order valence-corrected chi connectivity index (χ1v) is 10.6. The van der Waals surface area contributed by atoms with Crippen molar-refractivity contribution >= 4 is 23.2 Å². The second kappa shape index (κ2) is 8.18. The predicted molar refractivity (Wildman–Crippen MR) is 107 cm³/mol. The van der Waals surface area contributed by atoms with Crippen LogP contribution in [-0.2, 0) is 4.79 Å². The number of piperazine rings is 1. The van der Waals surface area contributed by atoms with Gasteiger partial charge in [-0.15, -0.1) is 0 Å². The zero-order chi connectivity index (χ0) is 17.9. The quantitative estimate of drug-likeness (QED) is 0.848. The van der Waals surface area contributed by atoms with Gasteiger partial charge in [0, 0.05) is 55.4 Å². The van der Waals surface area contributed by atoms with Gasteiger partial charge < -0.3 is 10.2 Å². The lowest BCUT2D eigenvalue weighted by Crippen LogP contribution is -2.51. The highest BCUT2D eigenvalue weighted by molar-refractivity contribution is 6.30. The van der Waals surface area contributed by atoms with Gasteiger partial charge in [-0.3, -0.25) is 9.69 Å². The first-order chi connectivity index (χ1) is 12.7. The summed E-state index contributed by atoms with van der Waals surface area (Å²) in [7, 11) is 0. The van der Waals surface area contributed by atoms with Gasteiger partial charge in [0.1, 0.15) is 0 Å². The molecule has 1 aromatic carbocycles. The van der Waals surface area contributed by atoms with E-state index in [9.17, 15) is 4.79 Å². The number of nitrogens with one attached hydrogen (secondary N) is 1. The fourth-order valence-electron chi connectivity index (χ4n) is 4.34. The average molecular weight is 376 g/mol. The number of rotatable bonds is 5. The molecule has 0 spiro atoms. The first kappa shape index (κ1) is 18.1. The van der Waals surface area contributed by atoms with E-state index >= 15 is 0 Å². The Labute approximate surface area is 161 Å². The fourth-order valence-corrected chi connectivity index (χ4v) is 4.47. The van der Waals surface area contributed by atoms with Gasteiger partial charge in [-0.25, -0.2) is 0 Å². The highest BCUT2D eigenvalue weighted by Gasteiger charge is 2.32. The van der Waals surface area contributed by atoms with E-state index in [4.69, 9.17) is 11.6 Å². The lowest BCUT2D eigenvalue weighted by Gasteiger charge is -2.38. The van der Waals surface area contributed by atoms with Gasteiger partial charge in [0.05, 0.1) is 0 Å². The van der Waals surface area contributed by atoms with Gasteiger partial charge in [0.15, 0.2) is 0 Å². The average Bonchev–Trinajstić information content (AvgIpc) is 3.48. The number of nitrogens with zero attached hydrogens (tertiary/aromatic N) is 2. The third-order valence-electron chi connectivity index (χ3n) is 6.19. The molecule has 26 heavy (non-hydrogen) atoms. The molecule has 0 bridgehead atoms. The van der Waals surface area contributed by atoms with Crippen LogP contribution in [0.1, 0.15) is 38.5 Å². The van der Waals surface area contributed by atoms with E-state index in [0.717, 1.165) is 68.5 Å². The van der Waals surface area contributed by atoms with Crippen molar-refractivity contribution in [3.05, 3.63) is 29.3 Å². The monoisotopic (exact) mass is 375 g/mol. The molecule has 4 rings (SSSR count). The summed E-state index contributed by atoms with van der Waals surface area (Å²) in [5, 5.41) is 4.35. The summed E-state index contributed by atoms with van der Waals surface area (Å²) < 4.78 is 0. The van der Waals surface area contributed by atoms with Crippen LogP contribution in [0.2, 0.25) is 5.02 Å². The Balaban J connectivity index is 1.20. The summed E-state index contributed by atoms with van der Waals surface area (Å²) in [6.07, 6.45) is 6.97. The highest BCUT2D eigenvalue weighted by Crippen LogP contribution is 2.31. The summed E-state index contributed by atoms with van der Waals surface area (Å²) in [4.78, 5) is 17.5.